The van der Waals surface area contributed by atoms with Crippen molar-refractivity contribution < 1.29 is 5.11 Å². The third-order valence-corrected chi connectivity index (χ3v) is 3.73. The molecule has 1 unspecified atom stereocenters. The van der Waals surface area contributed by atoms with Crippen LogP contribution in [0.15, 0.2) is 23.3 Å². The summed E-state index contributed by atoms with van der Waals surface area (Å²) in [7, 11) is 0. The Bertz CT molecular complexity index is 518. The Morgan fingerprint density at radius 2 is 2.33 bits per heavy atom. The molecule has 96 valence electrons. The fraction of sp³-hybridized carbons (Fsp3) is 0.333. The average molecular weight is 284 g/mol. The first kappa shape index (κ1) is 13.2. The van der Waals surface area contributed by atoms with Crippen LogP contribution in [-0.2, 0) is 0 Å². The molecule has 0 aromatic heterocycles. The SMILES string of the molecule is CSC(=N)N1CC(C)C(c2cccc(Cl)c2O)=N1. The van der Waals surface area contributed by atoms with Crippen molar-refractivity contribution in [3.05, 3.63) is 28.8 Å². The molecule has 0 fully saturated rings. The van der Waals surface area contributed by atoms with Gasteiger partial charge in [0, 0.05) is 11.5 Å². The first-order chi connectivity index (χ1) is 8.54. The molecule has 1 aromatic carbocycles. The Kier molecular flexibility index (Phi) is 3.82. The first-order valence-corrected chi connectivity index (χ1v) is 7.11. The highest BCUT2D eigenvalue weighted by molar-refractivity contribution is 8.13. The number of aromatic hydroxyl groups is 1. The number of hydrazone groups is 1. The Hall–Kier alpha value is -1.20. The van der Waals surface area contributed by atoms with E-state index in [2.05, 4.69) is 5.10 Å². The molecule has 0 amide bonds. The van der Waals surface area contributed by atoms with Crippen molar-refractivity contribution in [3.8, 4) is 5.75 Å². The number of para-hydroxylation sites is 1. The normalized spacial score (nSPS) is 18.9. The topological polar surface area (TPSA) is 59.7 Å². The van der Waals surface area contributed by atoms with E-state index < -0.39 is 0 Å². The molecule has 0 saturated carbocycles. The van der Waals surface area contributed by atoms with Gasteiger partial charge in [0.1, 0.15) is 5.75 Å². The van der Waals surface area contributed by atoms with Crippen molar-refractivity contribution >= 4 is 34.2 Å². The number of thioether (sulfide) groups is 1. The number of halogens is 1. The molecule has 1 aliphatic heterocycles. The smallest absolute Gasteiger partial charge is 0.176 e. The largest absolute Gasteiger partial charge is 0.506 e. The number of nitrogens with zero attached hydrogens (tertiary/aromatic N) is 2. The molecule has 0 bridgehead atoms. The number of nitrogens with one attached hydrogen (secondary N) is 1. The number of hydrogen-bond acceptors (Lipinski definition) is 4. The van der Waals surface area contributed by atoms with Crippen LogP contribution in [0.3, 0.4) is 0 Å². The van der Waals surface area contributed by atoms with Gasteiger partial charge in [0.05, 0.1) is 17.3 Å². The summed E-state index contributed by atoms with van der Waals surface area (Å²) in [6.45, 7) is 2.67. The molecule has 1 atom stereocenters. The van der Waals surface area contributed by atoms with Gasteiger partial charge in [-0.15, -0.1) is 0 Å². The van der Waals surface area contributed by atoms with E-state index in [1.807, 2.05) is 13.2 Å². The summed E-state index contributed by atoms with van der Waals surface area (Å²) in [6.07, 6.45) is 1.84. The Balaban J connectivity index is 2.38. The Labute approximate surface area is 115 Å². The van der Waals surface area contributed by atoms with Crippen LogP contribution in [0.25, 0.3) is 0 Å². The molecule has 0 spiro atoms. The standard InChI is InChI=1S/C12H14ClN3OS/c1-7-6-16(12(14)18-2)15-10(7)8-4-3-5-9(13)11(8)17/h3-5,7,14,17H,6H2,1-2H3. The van der Waals surface area contributed by atoms with Crippen LogP contribution in [0.4, 0.5) is 0 Å². The monoisotopic (exact) mass is 283 g/mol. The summed E-state index contributed by atoms with van der Waals surface area (Å²) in [5, 5.41) is 24.5. The van der Waals surface area contributed by atoms with Crippen LogP contribution in [0, 0.1) is 11.3 Å². The van der Waals surface area contributed by atoms with Gasteiger partial charge in [0.15, 0.2) is 5.17 Å². The van der Waals surface area contributed by atoms with Gasteiger partial charge in [0.2, 0.25) is 0 Å². The average Bonchev–Trinajstić information content (AvgIpc) is 2.74. The van der Waals surface area contributed by atoms with Gasteiger partial charge < -0.3 is 5.11 Å². The van der Waals surface area contributed by atoms with Crippen LogP contribution in [-0.4, -0.2) is 33.8 Å². The number of benzene rings is 1. The summed E-state index contributed by atoms with van der Waals surface area (Å²) in [5.41, 5.74) is 1.42. The molecule has 2 rings (SSSR count). The van der Waals surface area contributed by atoms with E-state index in [9.17, 15) is 5.11 Å². The van der Waals surface area contributed by atoms with Crippen molar-refractivity contribution in [2.75, 3.05) is 12.8 Å². The van der Waals surface area contributed by atoms with Crippen molar-refractivity contribution in [1.82, 2.24) is 5.01 Å². The molecule has 0 saturated heterocycles. The lowest BCUT2D eigenvalue weighted by Crippen LogP contribution is -2.21. The lowest BCUT2D eigenvalue weighted by Gasteiger charge is -2.12. The van der Waals surface area contributed by atoms with Crippen molar-refractivity contribution in [1.29, 1.82) is 5.41 Å². The third kappa shape index (κ3) is 2.33. The van der Waals surface area contributed by atoms with Crippen LogP contribution < -0.4 is 0 Å². The maximum absolute atomic E-state index is 9.97. The van der Waals surface area contributed by atoms with Gasteiger partial charge in [-0.3, -0.25) is 5.41 Å². The summed E-state index contributed by atoms with van der Waals surface area (Å²) < 4.78 is 0. The summed E-state index contributed by atoms with van der Waals surface area (Å²) in [6, 6.07) is 5.22. The predicted octanol–water partition coefficient (Wildman–Crippen LogP) is 3.00. The van der Waals surface area contributed by atoms with Crippen LogP contribution in [0.1, 0.15) is 12.5 Å². The van der Waals surface area contributed by atoms with E-state index in [1.54, 1.807) is 23.2 Å². The summed E-state index contributed by atoms with van der Waals surface area (Å²) >= 11 is 7.24. The van der Waals surface area contributed by atoms with E-state index in [0.717, 1.165) is 5.71 Å². The zero-order valence-corrected chi connectivity index (χ0v) is 11.7. The van der Waals surface area contributed by atoms with E-state index in [1.165, 1.54) is 11.8 Å². The lowest BCUT2D eigenvalue weighted by atomic mass is 9.99. The number of phenols is 1. The van der Waals surface area contributed by atoms with E-state index in [4.69, 9.17) is 17.0 Å². The fourth-order valence-corrected chi connectivity index (χ4v) is 2.39. The number of phenolic OH excluding ortho intramolecular Hbond substituents is 1. The maximum atomic E-state index is 9.97. The lowest BCUT2D eigenvalue weighted by molar-refractivity contribution is 0.462. The molecule has 4 nitrogen and oxygen atoms in total. The molecular weight excluding hydrogens is 270 g/mol. The second-order valence-corrected chi connectivity index (χ2v) is 5.32. The van der Waals surface area contributed by atoms with Gasteiger partial charge >= 0.3 is 0 Å². The van der Waals surface area contributed by atoms with Gasteiger partial charge in [-0.25, -0.2) is 5.01 Å². The van der Waals surface area contributed by atoms with E-state index >= 15 is 0 Å². The fourth-order valence-electron chi connectivity index (χ4n) is 1.89. The highest BCUT2D eigenvalue weighted by Crippen LogP contribution is 2.31. The van der Waals surface area contributed by atoms with Crippen LogP contribution >= 0.6 is 23.4 Å². The van der Waals surface area contributed by atoms with Crippen molar-refractivity contribution in [2.24, 2.45) is 11.0 Å². The molecule has 1 aliphatic rings. The van der Waals surface area contributed by atoms with Crippen LogP contribution in [0.5, 0.6) is 5.75 Å². The minimum Gasteiger partial charge on any atom is -0.506 e. The summed E-state index contributed by atoms with van der Waals surface area (Å²) in [5.74, 6) is 0.212. The second kappa shape index (κ2) is 5.20. The van der Waals surface area contributed by atoms with Gasteiger partial charge in [-0.2, -0.15) is 5.10 Å². The molecule has 1 aromatic rings. The molecule has 6 heteroatoms. The van der Waals surface area contributed by atoms with Crippen LogP contribution in [0.2, 0.25) is 5.02 Å². The minimum atomic E-state index is 0.0577. The van der Waals surface area contributed by atoms with E-state index in [-0.39, 0.29) is 11.7 Å². The zero-order chi connectivity index (χ0) is 13.3. The van der Waals surface area contributed by atoms with Gasteiger partial charge in [0.25, 0.3) is 0 Å². The van der Waals surface area contributed by atoms with Gasteiger partial charge in [-0.05, 0) is 18.4 Å². The number of amidine groups is 1. The third-order valence-electron chi connectivity index (χ3n) is 2.83. The van der Waals surface area contributed by atoms with Crippen molar-refractivity contribution in [2.45, 2.75) is 6.92 Å². The molecule has 1 heterocycles. The van der Waals surface area contributed by atoms with Gasteiger partial charge in [-0.1, -0.05) is 36.4 Å². The quantitative estimate of drug-likeness (QED) is 0.615. The minimum absolute atomic E-state index is 0.0577. The second-order valence-electron chi connectivity index (χ2n) is 4.11. The Morgan fingerprint density at radius 1 is 1.61 bits per heavy atom. The number of rotatable bonds is 1. The van der Waals surface area contributed by atoms with E-state index in [0.29, 0.717) is 22.3 Å². The Morgan fingerprint density at radius 3 is 3.00 bits per heavy atom. The molecule has 2 N–H and O–H groups in total. The molecule has 0 aliphatic carbocycles. The first-order valence-electron chi connectivity index (χ1n) is 5.51. The van der Waals surface area contributed by atoms with Crippen molar-refractivity contribution in [3.63, 3.8) is 0 Å². The molecule has 0 radical (unpaired) electrons. The zero-order valence-electron chi connectivity index (χ0n) is 10.1. The highest BCUT2D eigenvalue weighted by Gasteiger charge is 2.28. The summed E-state index contributed by atoms with van der Waals surface area (Å²) in [4.78, 5) is 0. The maximum Gasteiger partial charge on any atom is 0.176 e. The molecule has 18 heavy (non-hydrogen) atoms. The highest BCUT2D eigenvalue weighted by atomic mass is 35.5. The predicted molar refractivity (Wildman–Crippen MR) is 76.8 cm³/mol. The molecular formula is C12H14ClN3OS. The number of hydrogen-bond donors (Lipinski definition) is 2.